The fraction of sp³-hybridized carbons (Fsp3) is 0.633. The van der Waals surface area contributed by atoms with Crippen molar-refractivity contribution in [3.8, 4) is 5.75 Å². The Bertz CT molecular complexity index is 1140. The number of rotatable bonds is 10. The van der Waals surface area contributed by atoms with Crippen LogP contribution in [-0.4, -0.2) is 117 Å². The van der Waals surface area contributed by atoms with E-state index in [1.54, 1.807) is 0 Å². The largest absolute Gasteiger partial charge is 0.488 e. The number of benzene rings is 1. The molecule has 0 spiro atoms. The van der Waals surface area contributed by atoms with Crippen LogP contribution in [-0.2, 0) is 24.0 Å². The molecule has 43 heavy (non-hydrogen) atoms. The lowest BCUT2D eigenvalue weighted by atomic mass is 9.78. The molecule has 2 saturated heterocycles. The number of imide groups is 1. The molecule has 4 fully saturated rings. The molecule has 0 bridgehead atoms. The maximum absolute atomic E-state index is 12.8. The Labute approximate surface area is 250 Å². The molecule has 4 aliphatic rings. The van der Waals surface area contributed by atoms with Gasteiger partial charge in [0, 0.05) is 26.2 Å². The first kappa shape index (κ1) is 32.4. The topological polar surface area (TPSA) is 185 Å². The van der Waals surface area contributed by atoms with E-state index in [-0.39, 0.29) is 44.6 Å². The molecule has 2 heterocycles. The average Bonchev–Trinajstić information content (AvgIpc) is 3.56. The lowest BCUT2D eigenvalue weighted by Crippen LogP contribution is -2.49. The summed E-state index contributed by atoms with van der Waals surface area (Å²) in [4.78, 5) is 62.9. The highest BCUT2D eigenvalue weighted by molar-refractivity contribution is 6.07. The quantitative estimate of drug-likeness (QED) is 0.276. The summed E-state index contributed by atoms with van der Waals surface area (Å²) in [5, 5.41) is 35.6. The lowest BCUT2D eigenvalue weighted by molar-refractivity contribution is -0.143. The van der Waals surface area contributed by atoms with Gasteiger partial charge in [0.05, 0.1) is 61.8 Å². The second-order valence-electron chi connectivity index (χ2n) is 11.7. The number of ketones is 1. The minimum atomic E-state index is -1.08. The maximum atomic E-state index is 12.8. The number of carboxylic acids is 2. The number of carbonyl (C=O) groups is 5. The predicted octanol–water partition coefficient (Wildman–Crippen LogP) is 0.752. The maximum Gasteiger partial charge on any atom is 0.303 e. The van der Waals surface area contributed by atoms with Gasteiger partial charge in [-0.25, -0.2) is 0 Å². The van der Waals surface area contributed by atoms with Gasteiger partial charge in [0.1, 0.15) is 5.75 Å². The van der Waals surface area contributed by atoms with Gasteiger partial charge in [-0.1, -0.05) is 12.1 Å². The molecule has 1 aromatic carbocycles. The van der Waals surface area contributed by atoms with E-state index in [2.05, 4.69) is 15.9 Å². The van der Waals surface area contributed by atoms with Gasteiger partial charge in [-0.05, 0) is 50.7 Å². The standard InChI is InChI=1S/C26H35N3O6.C4H6O4/c30-17(16-29-25(33)19-13-22(31)23(32)14-20(19)26(29)34)15-27-9-11-28(12-10-27)21-7-3-4-8-24(21)35-18-5-1-2-6-18;5-3(6)1-2-4(7)8/h3-4,7-8,18-20,22-23,31-32H,1-2,5-6,9-16H2;1-2H2,(H,5,6)(H,7,8). The Morgan fingerprint density at radius 1 is 0.791 bits per heavy atom. The number of nitrogens with zero attached hydrogens (tertiary/aromatic N) is 3. The number of hydrogen-bond acceptors (Lipinski definition) is 10. The first-order valence-electron chi connectivity index (χ1n) is 14.9. The second-order valence-corrected chi connectivity index (χ2v) is 11.7. The number of fused-ring (bicyclic) bond motifs is 1. The minimum Gasteiger partial charge on any atom is -0.488 e. The molecule has 5 rings (SSSR count). The summed E-state index contributed by atoms with van der Waals surface area (Å²) in [6, 6.07) is 8.14. The third-order valence-corrected chi connectivity index (χ3v) is 8.55. The van der Waals surface area contributed by atoms with Gasteiger partial charge in [-0.15, -0.1) is 0 Å². The van der Waals surface area contributed by atoms with E-state index in [0.717, 1.165) is 42.3 Å². The average molecular weight is 604 g/mol. The number of carbonyl (C=O) groups excluding carboxylic acids is 3. The van der Waals surface area contributed by atoms with Crippen LogP contribution in [0.1, 0.15) is 51.4 Å². The van der Waals surface area contributed by atoms with Crippen LogP contribution < -0.4 is 9.64 Å². The number of para-hydroxylation sites is 2. The molecule has 2 saturated carbocycles. The monoisotopic (exact) mass is 603 g/mol. The lowest BCUT2D eigenvalue weighted by Gasteiger charge is -2.36. The van der Waals surface area contributed by atoms with Crippen LogP contribution in [0.5, 0.6) is 5.75 Å². The molecule has 13 nitrogen and oxygen atoms in total. The second kappa shape index (κ2) is 14.8. The number of anilines is 1. The van der Waals surface area contributed by atoms with Crippen LogP contribution in [0.2, 0.25) is 0 Å². The van der Waals surface area contributed by atoms with Crippen molar-refractivity contribution in [1.82, 2.24) is 9.80 Å². The van der Waals surface area contributed by atoms with Crippen molar-refractivity contribution in [2.75, 3.05) is 44.2 Å². The molecule has 13 heteroatoms. The third-order valence-electron chi connectivity index (χ3n) is 8.55. The number of piperazine rings is 1. The number of likely N-dealkylation sites (tertiary alicyclic amines) is 1. The number of aliphatic carboxylic acids is 2. The van der Waals surface area contributed by atoms with Crippen LogP contribution in [0.4, 0.5) is 5.69 Å². The fourth-order valence-corrected chi connectivity index (χ4v) is 6.21. The molecule has 2 aliphatic heterocycles. The molecule has 236 valence electrons. The zero-order chi connectivity index (χ0) is 31.1. The van der Waals surface area contributed by atoms with Gasteiger partial charge in [0.25, 0.3) is 0 Å². The van der Waals surface area contributed by atoms with E-state index >= 15 is 0 Å². The number of Topliss-reactive ketones (excluding diaryl/α,β-unsaturated/α-hetero) is 1. The van der Waals surface area contributed by atoms with Gasteiger partial charge < -0.3 is 30.1 Å². The fourth-order valence-electron chi connectivity index (χ4n) is 6.21. The number of amides is 2. The molecule has 0 radical (unpaired) electrons. The minimum absolute atomic E-state index is 0.0645. The normalized spacial score (nSPS) is 26.1. The van der Waals surface area contributed by atoms with Crippen LogP contribution >= 0.6 is 0 Å². The Balaban J connectivity index is 0.000000467. The zero-order valence-electron chi connectivity index (χ0n) is 24.2. The Hall–Kier alpha value is -3.55. The van der Waals surface area contributed by atoms with E-state index < -0.39 is 47.8 Å². The summed E-state index contributed by atoms with van der Waals surface area (Å²) >= 11 is 0. The molecule has 2 aliphatic carbocycles. The molecular weight excluding hydrogens is 562 g/mol. The summed E-state index contributed by atoms with van der Waals surface area (Å²) in [5.41, 5.74) is 1.09. The number of ether oxygens (including phenoxy) is 1. The van der Waals surface area contributed by atoms with Crippen molar-refractivity contribution in [3.63, 3.8) is 0 Å². The predicted molar refractivity (Wildman–Crippen MR) is 152 cm³/mol. The van der Waals surface area contributed by atoms with Gasteiger partial charge in [0.15, 0.2) is 5.78 Å². The number of aliphatic hydroxyl groups excluding tert-OH is 2. The van der Waals surface area contributed by atoms with E-state index in [4.69, 9.17) is 14.9 Å². The van der Waals surface area contributed by atoms with Crippen LogP contribution in [0.25, 0.3) is 0 Å². The molecule has 1 aromatic rings. The summed E-state index contributed by atoms with van der Waals surface area (Å²) in [5.74, 6) is -3.48. The Kier molecular flexibility index (Phi) is 11.1. The van der Waals surface area contributed by atoms with E-state index in [0.29, 0.717) is 19.2 Å². The van der Waals surface area contributed by atoms with Crippen molar-refractivity contribution >= 4 is 35.2 Å². The Morgan fingerprint density at radius 3 is 1.86 bits per heavy atom. The molecule has 4 atom stereocenters. The van der Waals surface area contributed by atoms with Gasteiger partial charge in [-0.3, -0.25) is 33.8 Å². The number of aliphatic hydroxyl groups is 2. The van der Waals surface area contributed by atoms with E-state index in [1.165, 1.54) is 12.8 Å². The van der Waals surface area contributed by atoms with Crippen molar-refractivity contribution in [1.29, 1.82) is 0 Å². The van der Waals surface area contributed by atoms with Gasteiger partial charge in [0.2, 0.25) is 11.8 Å². The third kappa shape index (κ3) is 8.52. The molecule has 0 aromatic heterocycles. The summed E-state index contributed by atoms with van der Waals surface area (Å²) in [7, 11) is 0. The highest BCUT2D eigenvalue weighted by atomic mass is 16.5. The molecular formula is C30H41N3O10. The van der Waals surface area contributed by atoms with Gasteiger partial charge >= 0.3 is 11.9 Å². The number of carboxylic acid groups (broad SMARTS) is 2. The molecule has 4 N–H and O–H groups in total. The van der Waals surface area contributed by atoms with E-state index in [1.807, 2.05) is 18.2 Å². The highest BCUT2D eigenvalue weighted by Gasteiger charge is 2.52. The summed E-state index contributed by atoms with van der Waals surface area (Å²) in [6.07, 6.45) is 2.47. The van der Waals surface area contributed by atoms with Crippen molar-refractivity contribution < 1.29 is 49.1 Å². The van der Waals surface area contributed by atoms with Crippen molar-refractivity contribution in [3.05, 3.63) is 24.3 Å². The Morgan fingerprint density at radius 2 is 1.33 bits per heavy atom. The summed E-state index contributed by atoms with van der Waals surface area (Å²) < 4.78 is 6.29. The smallest absolute Gasteiger partial charge is 0.303 e. The van der Waals surface area contributed by atoms with Crippen LogP contribution in [0.3, 0.4) is 0 Å². The SMILES string of the molecule is O=C(CN1CCN(c2ccccc2OC2CCCC2)CC1)CN1C(=O)C2CC(O)C(O)CC2C1=O.O=C(O)CCC(=O)O. The molecule has 2 amide bonds. The zero-order valence-corrected chi connectivity index (χ0v) is 24.2. The van der Waals surface area contributed by atoms with Crippen molar-refractivity contribution in [2.45, 2.75) is 69.7 Å². The number of hydrogen-bond donors (Lipinski definition) is 4. The van der Waals surface area contributed by atoms with Crippen LogP contribution in [0.15, 0.2) is 24.3 Å². The first-order valence-corrected chi connectivity index (χ1v) is 14.9. The first-order chi connectivity index (χ1) is 20.5. The van der Waals surface area contributed by atoms with E-state index in [9.17, 15) is 34.2 Å². The van der Waals surface area contributed by atoms with Crippen LogP contribution in [0, 0.1) is 11.8 Å². The summed E-state index contributed by atoms with van der Waals surface area (Å²) in [6.45, 7) is 2.88. The highest BCUT2D eigenvalue weighted by Crippen LogP contribution is 2.38. The molecule has 4 unspecified atom stereocenters. The van der Waals surface area contributed by atoms with Gasteiger partial charge in [-0.2, -0.15) is 0 Å². The van der Waals surface area contributed by atoms with Crippen molar-refractivity contribution in [2.24, 2.45) is 11.8 Å².